The number of nitrogens with one attached hydrogen (secondary N) is 1. The van der Waals surface area contributed by atoms with Gasteiger partial charge in [0.25, 0.3) is 0 Å². The summed E-state index contributed by atoms with van der Waals surface area (Å²) in [5, 5.41) is 0.898. The molecule has 0 spiro atoms. The topological polar surface area (TPSA) is 60.6 Å². The van der Waals surface area contributed by atoms with Gasteiger partial charge in [-0.1, -0.05) is 0 Å². The fourth-order valence-corrected chi connectivity index (χ4v) is 1.93. The van der Waals surface area contributed by atoms with Gasteiger partial charge in [-0.25, -0.2) is 4.79 Å². The van der Waals surface area contributed by atoms with E-state index in [0.717, 1.165) is 10.9 Å². The Hall–Kier alpha value is -2.17. The standard InChI is InChI=1S/C12H11NO4/c1-15-12(14)8-6-7-2-3-9-11(10(7)13-8)17-5-4-16-9/h2-3,6,13H,4-5H2,1H3. The van der Waals surface area contributed by atoms with Crippen LogP contribution in [0.4, 0.5) is 0 Å². The van der Waals surface area contributed by atoms with E-state index in [4.69, 9.17) is 9.47 Å². The molecule has 5 heteroatoms. The van der Waals surface area contributed by atoms with E-state index in [1.807, 2.05) is 12.1 Å². The van der Waals surface area contributed by atoms with E-state index in [1.54, 1.807) is 6.07 Å². The van der Waals surface area contributed by atoms with Crippen LogP contribution >= 0.6 is 0 Å². The van der Waals surface area contributed by atoms with Crippen LogP contribution < -0.4 is 9.47 Å². The molecule has 0 amide bonds. The first-order valence-corrected chi connectivity index (χ1v) is 5.29. The van der Waals surface area contributed by atoms with E-state index < -0.39 is 5.97 Å². The highest BCUT2D eigenvalue weighted by molar-refractivity contribution is 5.97. The second-order valence-corrected chi connectivity index (χ2v) is 3.73. The predicted octanol–water partition coefficient (Wildman–Crippen LogP) is 1.73. The summed E-state index contributed by atoms with van der Waals surface area (Å²) in [5.41, 5.74) is 1.17. The number of hydrogen-bond donors (Lipinski definition) is 1. The van der Waals surface area contributed by atoms with Gasteiger partial charge in [-0.2, -0.15) is 0 Å². The zero-order chi connectivity index (χ0) is 11.8. The van der Waals surface area contributed by atoms with Crippen molar-refractivity contribution in [3.63, 3.8) is 0 Å². The van der Waals surface area contributed by atoms with E-state index in [0.29, 0.717) is 30.4 Å². The van der Waals surface area contributed by atoms with Crippen LogP contribution in [-0.4, -0.2) is 31.3 Å². The van der Waals surface area contributed by atoms with Gasteiger partial charge in [0.05, 0.1) is 12.6 Å². The largest absolute Gasteiger partial charge is 0.486 e. The molecule has 2 heterocycles. The summed E-state index contributed by atoms with van der Waals surface area (Å²) in [6.07, 6.45) is 0. The molecule has 0 saturated heterocycles. The van der Waals surface area contributed by atoms with Crippen LogP contribution in [0.3, 0.4) is 0 Å². The third-order valence-corrected chi connectivity index (χ3v) is 2.71. The Morgan fingerprint density at radius 1 is 1.35 bits per heavy atom. The van der Waals surface area contributed by atoms with E-state index >= 15 is 0 Å². The molecule has 1 aliphatic rings. The van der Waals surface area contributed by atoms with Crippen molar-refractivity contribution in [1.82, 2.24) is 4.98 Å². The number of rotatable bonds is 1. The fraction of sp³-hybridized carbons (Fsp3) is 0.250. The lowest BCUT2D eigenvalue weighted by atomic mass is 10.2. The van der Waals surface area contributed by atoms with Gasteiger partial charge in [-0.05, 0) is 18.2 Å². The molecule has 88 valence electrons. The zero-order valence-corrected chi connectivity index (χ0v) is 9.28. The van der Waals surface area contributed by atoms with Crippen LogP contribution in [0.2, 0.25) is 0 Å². The molecular weight excluding hydrogens is 222 g/mol. The average Bonchev–Trinajstić information content (AvgIpc) is 2.82. The maximum absolute atomic E-state index is 11.4. The number of aromatic nitrogens is 1. The quantitative estimate of drug-likeness (QED) is 0.762. The summed E-state index contributed by atoms with van der Waals surface area (Å²) in [7, 11) is 1.35. The van der Waals surface area contributed by atoms with Gasteiger partial charge in [0.15, 0.2) is 11.5 Å². The highest BCUT2D eigenvalue weighted by Gasteiger charge is 2.18. The number of hydrogen-bond acceptors (Lipinski definition) is 4. The monoisotopic (exact) mass is 233 g/mol. The molecule has 0 unspecified atom stereocenters. The number of aromatic amines is 1. The van der Waals surface area contributed by atoms with Crippen molar-refractivity contribution in [2.45, 2.75) is 0 Å². The summed E-state index contributed by atoms with van der Waals surface area (Å²) in [5.74, 6) is 0.956. The van der Waals surface area contributed by atoms with Crippen molar-refractivity contribution >= 4 is 16.9 Å². The molecule has 0 radical (unpaired) electrons. The predicted molar refractivity (Wildman–Crippen MR) is 60.6 cm³/mol. The maximum atomic E-state index is 11.4. The zero-order valence-electron chi connectivity index (χ0n) is 9.28. The number of esters is 1. The number of benzene rings is 1. The molecule has 1 aliphatic heterocycles. The van der Waals surface area contributed by atoms with Crippen LogP contribution in [-0.2, 0) is 4.74 Å². The molecule has 5 nitrogen and oxygen atoms in total. The Balaban J connectivity index is 2.18. The Morgan fingerprint density at radius 3 is 3.00 bits per heavy atom. The maximum Gasteiger partial charge on any atom is 0.354 e. The van der Waals surface area contributed by atoms with Crippen LogP contribution in [0.1, 0.15) is 10.5 Å². The highest BCUT2D eigenvalue weighted by atomic mass is 16.6. The minimum Gasteiger partial charge on any atom is -0.486 e. The molecule has 0 aliphatic carbocycles. The first kappa shape index (κ1) is 10.0. The number of methoxy groups -OCH3 is 1. The normalized spacial score (nSPS) is 13.7. The van der Waals surface area contributed by atoms with Crippen molar-refractivity contribution in [3.05, 3.63) is 23.9 Å². The Bertz CT molecular complexity index is 587. The number of fused-ring (bicyclic) bond motifs is 3. The van der Waals surface area contributed by atoms with Gasteiger partial charge < -0.3 is 19.2 Å². The SMILES string of the molecule is COC(=O)c1cc2ccc3c(c2[nH]1)OCCO3. The number of carbonyl (C=O) groups excluding carboxylic acids is 1. The summed E-state index contributed by atoms with van der Waals surface area (Å²) in [6, 6.07) is 5.46. The summed E-state index contributed by atoms with van der Waals surface area (Å²) in [4.78, 5) is 14.4. The summed E-state index contributed by atoms with van der Waals surface area (Å²) in [6.45, 7) is 1.06. The molecule has 17 heavy (non-hydrogen) atoms. The minimum absolute atomic E-state index is 0.397. The molecule has 0 saturated carbocycles. The highest BCUT2D eigenvalue weighted by Crippen LogP contribution is 2.37. The lowest BCUT2D eigenvalue weighted by molar-refractivity contribution is 0.0595. The van der Waals surface area contributed by atoms with E-state index in [1.165, 1.54) is 7.11 Å². The molecule has 0 bridgehead atoms. The molecular formula is C12H11NO4. The molecule has 1 N–H and O–H groups in total. The first-order chi connectivity index (χ1) is 8.29. The van der Waals surface area contributed by atoms with Crippen molar-refractivity contribution < 1.29 is 19.0 Å². The fourth-order valence-electron chi connectivity index (χ4n) is 1.93. The third-order valence-electron chi connectivity index (χ3n) is 2.71. The third kappa shape index (κ3) is 1.51. The van der Waals surface area contributed by atoms with Gasteiger partial charge in [0.1, 0.15) is 18.9 Å². The van der Waals surface area contributed by atoms with E-state index in [9.17, 15) is 4.79 Å². The Kier molecular flexibility index (Phi) is 2.18. The molecule has 3 rings (SSSR count). The Labute approximate surface area is 97.3 Å². The first-order valence-electron chi connectivity index (χ1n) is 5.29. The number of ether oxygens (including phenoxy) is 3. The van der Waals surface area contributed by atoms with Crippen LogP contribution in [0.15, 0.2) is 18.2 Å². The van der Waals surface area contributed by atoms with Crippen molar-refractivity contribution in [2.75, 3.05) is 20.3 Å². The molecule has 2 aromatic rings. The summed E-state index contributed by atoms with van der Waals surface area (Å²) < 4.78 is 15.7. The minimum atomic E-state index is -0.397. The van der Waals surface area contributed by atoms with Crippen LogP contribution in [0.25, 0.3) is 10.9 Å². The van der Waals surface area contributed by atoms with Gasteiger partial charge in [0.2, 0.25) is 0 Å². The second-order valence-electron chi connectivity index (χ2n) is 3.73. The molecule has 0 fully saturated rings. The molecule has 1 aromatic carbocycles. The van der Waals surface area contributed by atoms with Crippen LogP contribution in [0.5, 0.6) is 11.5 Å². The van der Waals surface area contributed by atoms with Gasteiger partial charge >= 0.3 is 5.97 Å². The van der Waals surface area contributed by atoms with Crippen molar-refractivity contribution in [3.8, 4) is 11.5 Å². The van der Waals surface area contributed by atoms with Gasteiger partial charge in [0, 0.05) is 5.39 Å². The lowest BCUT2D eigenvalue weighted by Gasteiger charge is -2.18. The Morgan fingerprint density at radius 2 is 2.18 bits per heavy atom. The van der Waals surface area contributed by atoms with Crippen LogP contribution in [0, 0.1) is 0 Å². The smallest absolute Gasteiger partial charge is 0.354 e. The van der Waals surface area contributed by atoms with E-state index in [-0.39, 0.29) is 0 Å². The van der Waals surface area contributed by atoms with E-state index in [2.05, 4.69) is 9.72 Å². The van der Waals surface area contributed by atoms with Crippen molar-refractivity contribution in [1.29, 1.82) is 0 Å². The second kappa shape index (κ2) is 3.69. The number of H-pyrrole nitrogens is 1. The van der Waals surface area contributed by atoms with Gasteiger partial charge in [-0.15, -0.1) is 0 Å². The molecule has 0 atom stereocenters. The average molecular weight is 233 g/mol. The number of carbonyl (C=O) groups is 1. The van der Waals surface area contributed by atoms with Crippen molar-refractivity contribution in [2.24, 2.45) is 0 Å². The lowest BCUT2D eigenvalue weighted by Crippen LogP contribution is -2.15. The molecule has 1 aromatic heterocycles. The summed E-state index contributed by atoms with van der Waals surface area (Å²) >= 11 is 0. The van der Waals surface area contributed by atoms with Gasteiger partial charge in [-0.3, -0.25) is 0 Å².